The molecule has 0 bridgehead atoms. The number of nitrogens with zero attached hydrogens (tertiary/aromatic N) is 1. The van der Waals surface area contributed by atoms with Crippen LogP contribution in [0, 0.1) is 0 Å². The van der Waals surface area contributed by atoms with Crippen LogP contribution in [-0.2, 0) is 21.0 Å². The zero-order chi connectivity index (χ0) is 28.6. The van der Waals surface area contributed by atoms with Gasteiger partial charge in [-0.25, -0.2) is 8.42 Å². The highest BCUT2D eigenvalue weighted by atomic mass is 35.5. The van der Waals surface area contributed by atoms with Gasteiger partial charge in [-0.05, 0) is 56.3 Å². The fraction of sp³-hybridized carbons (Fsp3) is 0.296. The van der Waals surface area contributed by atoms with Gasteiger partial charge in [-0.2, -0.15) is 13.2 Å². The van der Waals surface area contributed by atoms with Gasteiger partial charge in [0.2, 0.25) is 5.91 Å². The third kappa shape index (κ3) is 6.25. The first-order chi connectivity index (χ1) is 18.2. The van der Waals surface area contributed by atoms with Crippen molar-refractivity contribution in [3.63, 3.8) is 0 Å². The average molecular weight is 583 g/mol. The number of fused-ring (bicyclic) bond motifs is 1. The van der Waals surface area contributed by atoms with Crippen LogP contribution in [0.3, 0.4) is 0 Å². The second kappa shape index (κ2) is 10.6. The maximum atomic E-state index is 13.6. The van der Waals surface area contributed by atoms with Crippen LogP contribution >= 0.6 is 11.6 Å². The Bertz CT molecular complexity index is 1480. The minimum absolute atomic E-state index is 0.212. The van der Waals surface area contributed by atoms with Crippen LogP contribution in [0.5, 0.6) is 11.5 Å². The molecule has 1 N–H and O–H groups in total. The topological polar surface area (TPSA) is 84.9 Å². The summed E-state index contributed by atoms with van der Waals surface area (Å²) < 4.78 is 79.7. The van der Waals surface area contributed by atoms with Crippen LogP contribution in [0.15, 0.2) is 71.6 Å². The van der Waals surface area contributed by atoms with Crippen molar-refractivity contribution in [3.05, 3.63) is 82.9 Å². The van der Waals surface area contributed by atoms with E-state index >= 15 is 0 Å². The van der Waals surface area contributed by atoms with Gasteiger partial charge in [0.05, 0.1) is 34.3 Å². The first kappa shape index (κ1) is 28.6. The highest BCUT2D eigenvalue weighted by molar-refractivity contribution is 7.92. The number of sulfonamides is 1. The van der Waals surface area contributed by atoms with E-state index in [1.807, 2.05) is 13.8 Å². The zero-order valence-corrected chi connectivity index (χ0v) is 22.8. The molecule has 0 spiro atoms. The van der Waals surface area contributed by atoms with E-state index in [2.05, 4.69) is 5.32 Å². The molecular formula is C27H26ClF3N2O5S. The number of benzene rings is 3. The van der Waals surface area contributed by atoms with Gasteiger partial charge >= 0.3 is 6.18 Å². The van der Waals surface area contributed by atoms with Gasteiger partial charge in [0.15, 0.2) is 0 Å². The number of halogens is 4. The molecule has 1 amide bonds. The zero-order valence-electron chi connectivity index (χ0n) is 21.3. The van der Waals surface area contributed by atoms with Gasteiger partial charge in [0.25, 0.3) is 10.0 Å². The molecule has 1 unspecified atom stereocenters. The van der Waals surface area contributed by atoms with Crippen molar-refractivity contribution in [2.45, 2.75) is 43.0 Å². The number of alkyl halides is 3. The second-order valence-electron chi connectivity index (χ2n) is 9.58. The summed E-state index contributed by atoms with van der Waals surface area (Å²) in [6, 6.07) is 14.0. The monoisotopic (exact) mass is 582 g/mol. The van der Waals surface area contributed by atoms with Crippen molar-refractivity contribution < 1.29 is 35.9 Å². The SMILES string of the molecule is COc1ccc2c(c1)OC(C)(C)CC2NC(=O)CN(c1cc(C(F)(F)F)ccc1Cl)S(=O)(=O)c1ccccc1. The molecule has 1 atom stereocenters. The molecule has 12 heteroatoms. The summed E-state index contributed by atoms with van der Waals surface area (Å²) in [5.74, 6) is 0.300. The Balaban J connectivity index is 1.72. The van der Waals surface area contributed by atoms with Crippen molar-refractivity contribution in [2.75, 3.05) is 18.0 Å². The molecule has 3 aromatic carbocycles. The van der Waals surface area contributed by atoms with E-state index in [9.17, 15) is 26.4 Å². The summed E-state index contributed by atoms with van der Waals surface area (Å²) in [7, 11) is -2.98. The third-order valence-electron chi connectivity index (χ3n) is 6.17. The van der Waals surface area contributed by atoms with Gasteiger partial charge in [-0.1, -0.05) is 29.8 Å². The fourth-order valence-electron chi connectivity index (χ4n) is 4.36. The van der Waals surface area contributed by atoms with Gasteiger partial charge in [-0.3, -0.25) is 9.10 Å². The summed E-state index contributed by atoms with van der Waals surface area (Å²) in [4.78, 5) is 13.1. The maximum absolute atomic E-state index is 13.6. The lowest BCUT2D eigenvalue weighted by atomic mass is 9.89. The van der Waals surface area contributed by atoms with Crippen molar-refractivity contribution in [1.82, 2.24) is 5.32 Å². The number of hydrogen-bond acceptors (Lipinski definition) is 5. The van der Waals surface area contributed by atoms with Crippen LogP contribution in [0.2, 0.25) is 5.02 Å². The van der Waals surface area contributed by atoms with Crippen LogP contribution < -0.4 is 19.1 Å². The van der Waals surface area contributed by atoms with Gasteiger partial charge in [0, 0.05) is 18.1 Å². The third-order valence-corrected chi connectivity index (χ3v) is 8.27. The number of ether oxygens (including phenoxy) is 2. The predicted octanol–water partition coefficient (Wildman–Crippen LogP) is 5.98. The summed E-state index contributed by atoms with van der Waals surface area (Å²) in [6.07, 6.45) is -4.41. The van der Waals surface area contributed by atoms with Crippen molar-refractivity contribution >= 4 is 33.2 Å². The average Bonchev–Trinajstić information content (AvgIpc) is 2.86. The molecule has 0 saturated heterocycles. The molecular weight excluding hydrogens is 557 g/mol. The molecule has 0 saturated carbocycles. The van der Waals surface area contributed by atoms with Crippen molar-refractivity contribution in [1.29, 1.82) is 0 Å². The van der Waals surface area contributed by atoms with Crippen LogP contribution in [0.1, 0.15) is 37.4 Å². The Hall–Kier alpha value is -3.44. The van der Waals surface area contributed by atoms with Crippen LogP contribution in [0.25, 0.3) is 0 Å². The fourth-order valence-corrected chi connectivity index (χ4v) is 6.08. The molecule has 0 aliphatic carbocycles. The van der Waals surface area contributed by atoms with Gasteiger partial charge in [-0.15, -0.1) is 0 Å². The Morgan fingerprint density at radius 3 is 2.46 bits per heavy atom. The highest BCUT2D eigenvalue weighted by Crippen LogP contribution is 2.42. The van der Waals surface area contributed by atoms with Crippen LogP contribution in [-0.4, -0.2) is 33.6 Å². The van der Waals surface area contributed by atoms with Gasteiger partial charge < -0.3 is 14.8 Å². The number of hydrogen-bond donors (Lipinski definition) is 1. The number of amides is 1. The smallest absolute Gasteiger partial charge is 0.416 e. The van der Waals surface area contributed by atoms with Crippen molar-refractivity contribution in [3.8, 4) is 11.5 Å². The Morgan fingerprint density at radius 1 is 1.13 bits per heavy atom. The molecule has 7 nitrogen and oxygen atoms in total. The van der Waals surface area contributed by atoms with Gasteiger partial charge in [0.1, 0.15) is 23.6 Å². The first-order valence-corrected chi connectivity index (χ1v) is 13.6. The van der Waals surface area contributed by atoms with E-state index < -0.39 is 51.5 Å². The minimum atomic E-state index is -4.76. The van der Waals surface area contributed by atoms with E-state index in [0.717, 1.165) is 12.1 Å². The lowest BCUT2D eigenvalue weighted by Gasteiger charge is -2.38. The molecule has 4 rings (SSSR count). The number of anilines is 1. The quantitative estimate of drug-likeness (QED) is 0.370. The lowest BCUT2D eigenvalue weighted by molar-refractivity contribution is -0.137. The molecule has 1 aliphatic heterocycles. The predicted molar refractivity (Wildman–Crippen MR) is 141 cm³/mol. The van der Waals surface area contributed by atoms with Crippen LogP contribution in [0.4, 0.5) is 18.9 Å². The molecule has 0 radical (unpaired) electrons. The van der Waals surface area contributed by atoms with E-state index in [1.54, 1.807) is 24.3 Å². The largest absolute Gasteiger partial charge is 0.497 e. The summed E-state index contributed by atoms with van der Waals surface area (Å²) in [5.41, 5.74) is -1.61. The van der Waals surface area contributed by atoms with E-state index in [4.69, 9.17) is 21.1 Å². The number of carbonyl (C=O) groups is 1. The number of nitrogens with one attached hydrogen (secondary N) is 1. The summed E-state index contributed by atoms with van der Waals surface area (Å²) >= 11 is 6.21. The molecule has 1 aliphatic rings. The molecule has 0 fully saturated rings. The number of carbonyl (C=O) groups excluding carboxylic acids is 1. The first-order valence-electron chi connectivity index (χ1n) is 11.8. The second-order valence-corrected chi connectivity index (χ2v) is 11.8. The Morgan fingerprint density at radius 2 is 1.82 bits per heavy atom. The summed E-state index contributed by atoms with van der Waals surface area (Å²) in [6.45, 7) is 2.85. The minimum Gasteiger partial charge on any atom is -0.497 e. The highest BCUT2D eigenvalue weighted by Gasteiger charge is 2.37. The Kier molecular flexibility index (Phi) is 7.77. The van der Waals surface area contributed by atoms with E-state index in [1.165, 1.54) is 31.4 Å². The summed E-state index contributed by atoms with van der Waals surface area (Å²) in [5, 5.41) is 2.56. The normalized spacial score (nSPS) is 16.5. The maximum Gasteiger partial charge on any atom is 0.416 e. The molecule has 3 aromatic rings. The molecule has 0 aromatic heterocycles. The number of methoxy groups -OCH3 is 1. The van der Waals surface area contributed by atoms with E-state index in [-0.39, 0.29) is 9.92 Å². The lowest BCUT2D eigenvalue weighted by Crippen LogP contribution is -2.45. The van der Waals surface area contributed by atoms with Crippen molar-refractivity contribution in [2.24, 2.45) is 0 Å². The molecule has 39 heavy (non-hydrogen) atoms. The standard InChI is InChI=1S/C27H26ClF3N2O5S/c1-26(2)15-22(20-11-10-18(37-3)14-24(20)38-26)32-25(34)16-33(39(35,36)19-7-5-4-6-8-19)23-13-17(27(29,30)31)9-12-21(23)28/h4-14,22H,15-16H2,1-3H3,(H,32,34). The number of rotatable bonds is 7. The van der Waals surface area contributed by atoms with E-state index in [0.29, 0.717) is 33.9 Å². The Labute approximate surface area is 229 Å². The molecule has 1 heterocycles. The molecule has 208 valence electrons.